The molecule has 94 valence electrons. The van der Waals surface area contributed by atoms with Crippen molar-refractivity contribution in [2.75, 3.05) is 13.2 Å². The van der Waals surface area contributed by atoms with Gasteiger partial charge in [-0.05, 0) is 38.8 Å². The summed E-state index contributed by atoms with van der Waals surface area (Å²) < 4.78 is 2.02. The van der Waals surface area contributed by atoms with Crippen molar-refractivity contribution >= 4 is 12.4 Å². The molecule has 0 saturated heterocycles. The molecule has 1 aromatic heterocycles. The van der Waals surface area contributed by atoms with Crippen LogP contribution in [-0.2, 0) is 13.1 Å². The van der Waals surface area contributed by atoms with E-state index in [1.807, 2.05) is 10.9 Å². The van der Waals surface area contributed by atoms with E-state index in [1.54, 1.807) is 0 Å². The van der Waals surface area contributed by atoms with E-state index in [2.05, 4.69) is 24.3 Å². The average molecular weight is 248 g/mol. The van der Waals surface area contributed by atoms with Gasteiger partial charge in [-0.15, -0.1) is 12.4 Å². The van der Waals surface area contributed by atoms with E-state index in [-0.39, 0.29) is 19.0 Å². The molecule has 0 atom stereocenters. The molecule has 0 amide bonds. The van der Waals surface area contributed by atoms with Crippen molar-refractivity contribution in [3.8, 4) is 0 Å². The van der Waals surface area contributed by atoms with Crippen molar-refractivity contribution in [2.24, 2.45) is 0 Å². The number of nitrogens with one attached hydrogen (secondary N) is 1. The first kappa shape index (κ1) is 15.4. The zero-order chi connectivity index (χ0) is 11.1. The van der Waals surface area contributed by atoms with Gasteiger partial charge in [-0.3, -0.25) is 4.68 Å². The topological polar surface area (TPSA) is 50.1 Å². The summed E-state index contributed by atoms with van der Waals surface area (Å²) in [5, 5.41) is 16.3. The Hall–Kier alpha value is -0.580. The SMILES string of the molecule is CCn1ncc(C)c1CNCCCCO.Cl. The zero-order valence-electron chi connectivity index (χ0n) is 10.1. The number of halogens is 1. The zero-order valence-corrected chi connectivity index (χ0v) is 10.9. The van der Waals surface area contributed by atoms with Crippen LogP contribution in [0.1, 0.15) is 31.0 Å². The Bertz CT molecular complexity index is 289. The maximum absolute atomic E-state index is 8.63. The molecule has 0 aromatic carbocycles. The third-order valence-electron chi connectivity index (χ3n) is 2.51. The summed E-state index contributed by atoms with van der Waals surface area (Å²) in [6.45, 7) is 7.21. The van der Waals surface area contributed by atoms with Crippen LogP contribution in [0.5, 0.6) is 0 Å². The molecule has 0 unspecified atom stereocenters. The van der Waals surface area contributed by atoms with Crippen molar-refractivity contribution < 1.29 is 5.11 Å². The molecule has 1 heterocycles. The van der Waals surface area contributed by atoms with E-state index in [0.29, 0.717) is 0 Å². The summed E-state index contributed by atoms with van der Waals surface area (Å²) in [7, 11) is 0. The van der Waals surface area contributed by atoms with E-state index in [4.69, 9.17) is 5.11 Å². The fraction of sp³-hybridized carbons (Fsp3) is 0.727. The van der Waals surface area contributed by atoms with E-state index in [1.165, 1.54) is 11.3 Å². The van der Waals surface area contributed by atoms with Crippen molar-refractivity contribution in [3.63, 3.8) is 0 Å². The maximum Gasteiger partial charge on any atom is 0.0551 e. The van der Waals surface area contributed by atoms with Crippen LogP contribution in [0.4, 0.5) is 0 Å². The number of rotatable bonds is 7. The Balaban J connectivity index is 0.00000225. The van der Waals surface area contributed by atoms with Crippen LogP contribution in [0.15, 0.2) is 6.20 Å². The van der Waals surface area contributed by atoms with Gasteiger partial charge in [-0.1, -0.05) is 0 Å². The summed E-state index contributed by atoms with van der Waals surface area (Å²) in [6.07, 6.45) is 3.81. The Morgan fingerprint density at radius 3 is 2.81 bits per heavy atom. The smallest absolute Gasteiger partial charge is 0.0551 e. The van der Waals surface area contributed by atoms with Gasteiger partial charge in [-0.2, -0.15) is 5.10 Å². The monoisotopic (exact) mass is 247 g/mol. The van der Waals surface area contributed by atoms with Gasteiger partial charge in [0.2, 0.25) is 0 Å². The first-order valence-electron chi connectivity index (χ1n) is 5.62. The van der Waals surface area contributed by atoms with Crippen LogP contribution in [0.25, 0.3) is 0 Å². The maximum atomic E-state index is 8.63. The van der Waals surface area contributed by atoms with Gasteiger partial charge in [0.25, 0.3) is 0 Å². The van der Waals surface area contributed by atoms with E-state index >= 15 is 0 Å². The lowest BCUT2D eigenvalue weighted by Gasteiger charge is -2.07. The fourth-order valence-corrected chi connectivity index (χ4v) is 1.58. The number of hydrogen-bond donors (Lipinski definition) is 2. The molecule has 0 aliphatic heterocycles. The third-order valence-corrected chi connectivity index (χ3v) is 2.51. The highest BCUT2D eigenvalue weighted by Crippen LogP contribution is 2.06. The average Bonchev–Trinajstić information content (AvgIpc) is 2.60. The van der Waals surface area contributed by atoms with Crippen molar-refractivity contribution in [1.82, 2.24) is 15.1 Å². The molecule has 0 spiro atoms. The van der Waals surface area contributed by atoms with Gasteiger partial charge in [0.15, 0.2) is 0 Å². The summed E-state index contributed by atoms with van der Waals surface area (Å²) in [5.41, 5.74) is 2.51. The van der Waals surface area contributed by atoms with Crippen LogP contribution in [-0.4, -0.2) is 28.0 Å². The van der Waals surface area contributed by atoms with Crippen molar-refractivity contribution in [2.45, 2.75) is 39.8 Å². The van der Waals surface area contributed by atoms with Gasteiger partial charge in [0.1, 0.15) is 0 Å². The van der Waals surface area contributed by atoms with Crippen molar-refractivity contribution in [3.05, 3.63) is 17.5 Å². The molecule has 0 bridgehead atoms. The molecular weight excluding hydrogens is 226 g/mol. The molecule has 1 rings (SSSR count). The van der Waals surface area contributed by atoms with Crippen LogP contribution < -0.4 is 5.32 Å². The molecule has 0 radical (unpaired) electrons. The molecule has 16 heavy (non-hydrogen) atoms. The highest BCUT2D eigenvalue weighted by molar-refractivity contribution is 5.85. The molecule has 2 N–H and O–H groups in total. The predicted octanol–water partition coefficient (Wildman–Crippen LogP) is 1.50. The third kappa shape index (κ3) is 4.51. The molecule has 1 aromatic rings. The van der Waals surface area contributed by atoms with E-state index in [9.17, 15) is 0 Å². The summed E-state index contributed by atoms with van der Waals surface area (Å²) in [4.78, 5) is 0. The molecule has 0 aliphatic rings. The quantitative estimate of drug-likeness (QED) is 0.718. The normalized spacial score (nSPS) is 10.2. The second-order valence-electron chi connectivity index (χ2n) is 3.70. The minimum Gasteiger partial charge on any atom is -0.396 e. The lowest BCUT2D eigenvalue weighted by Crippen LogP contribution is -2.18. The van der Waals surface area contributed by atoms with E-state index in [0.717, 1.165) is 32.5 Å². The van der Waals surface area contributed by atoms with Gasteiger partial charge >= 0.3 is 0 Å². The van der Waals surface area contributed by atoms with Crippen LogP contribution in [0.2, 0.25) is 0 Å². The number of aromatic nitrogens is 2. The van der Waals surface area contributed by atoms with Gasteiger partial charge in [-0.25, -0.2) is 0 Å². The molecule has 4 nitrogen and oxygen atoms in total. The molecule has 5 heteroatoms. The van der Waals surface area contributed by atoms with Crippen LogP contribution in [0, 0.1) is 6.92 Å². The largest absolute Gasteiger partial charge is 0.396 e. The Kier molecular flexibility index (Phi) is 8.25. The molecular formula is C11H22ClN3O. The first-order valence-corrected chi connectivity index (χ1v) is 5.62. The standard InChI is InChI=1S/C11H21N3O.ClH/c1-3-14-11(10(2)8-13-14)9-12-6-4-5-7-15;/h8,12,15H,3-7,9H2,1-2H3;1H. The minimum absolute atomic E-state index is 0. The Morgan fingerprint density at radius 2 is 2.19 bits per heavy atom. The molecule has 0 aliphatic carbocycles. The summed E-state index contributed by atoms with van der Waals surface area (Å²) in [6, 6.07) is 0. The Labute approximate surface area is 103 Å². The van der Waals surface area contributed by atoms with Gasteiger partial charge in [0, 0.05) is 19.7 Å². The molecule has 0 saturated carbocycles. The number of hydrogen-bond acceptors (Lipinski definition) is 3. The summed E-state index contributed by atoms with van der Waals surface area (Å²) in [5.74, 6) is 0. The van der Waals surface area contributed by atoms with Gasteiger partial charge in [0.05, 0.1) is 11.9 Å². The number of aliphatic hydroxyl groups is 1. The predicted molar refractivity (Wildman–Crippen MR) is 67.9 cm³/mol. The van der Waals surface area contributed by atoms with Crippen molar-refractivity contribution in [1.29, 1.82) is 0 Å². The lowest BCUT2D eigenvalue weighted by atomic mass is 10.2. The first-order chi connectivity index (χ1) is 7.29. The second kappa shape index (κ2) is 8.56. The number of unbranched alkanes of at least 4 members (excludes halogenated alkanes) is 1. The number of aryl methyl sites for hydroxylation is 2. The number of nitrogens with zero attached hydrogens (tertiary/aromatic N) is 2. The lowest BCUT2D eigenvalue weighted by molar-refractivity contribution is 0.283. The highest BCUT2D eigenvalue weighted by atomic mass is 35.5. The Morgan fingerprint density at radius 1 is 1.44 bits per heavy atom. The van der Waals surface area contributed by atoms with Crippen LogP contribution in [0.3, 0.4) is 0 Å². The minimum atomic E-state index is 0. The van der Waals surface area contributed by atoms with E-state index < -0.39 is 0 Å². The highest BCUT2D eigenvalue weighted by Gasteiger charge is 2.04. The van der Waals surface area contributed by atoms with Gasteiger partial charge < -0.3 is 10.4 Å². The molecule has 0 fully saturated rings. The fourth-order valence-electron chi connectivity index (χ4n) is 1.58. The summed E-state index contributed by atoms with van der Waals surface area (Å²) >= 11 is 0. The number of aliphatic hydroxyl groups excluding tert-OH is 1. The second-order valence-corrected chi connectivity index (χ2v) is 3.70. The van der Waals surface area contributed by atoms with Crippen LogP contribution >= 0.6 is 12.4 Å².